The molecule has 1 amide bonds. The summed E-state index contributed by atoms with van der Waals surface area (Å²) < 4.78 is 0. The summed E-state index contributed by atoms with van der Waals surface area (Å²) in [7, 11) is 0. The average Bonchev–Trinajstić information content (AvgIpc) is 2.18. The number of carbonyl (C=O) groups excluding carboxylic acids is 1. The molecule has 0 radical (unpaired) electrons. The molecule has 4 N–H and O–H groups in total. The Hall–Kier alpha value is -0.610. The number of aliphatic hydroxyl groups is 1. The minimum atomic E-state index is -0.141. The standard InChI is InChI=1S/C10H20N2O2/c1-7(6-13)12-10(14)8-2-4-9(11)5-3-8/h7-9,13H,2-6,11H2,1H3,(H,12,14)/t7-,8?,9?/m1/s1. The van der Waals surface area contributed by atoms with E-state index in [4.69, 9.17) is 10.8 Å². The summed E-state index contributed by atoms with van der Waals surface area (Å²) in [6, 6.07) is 0.132. The lowest BCUT2D eigenvalue weighted by atomic mass is 9.86. The lowest BCUT2D eigenvalue weighted by Crippen LogP contribution is -2.41. The molecular weight excluding hydrogens is 180 g/mol. The molecule has 0 aliphatic heterocycles. The summed E-state index contributed by atoms with van der Waals surface area (Å²) in [4.78, 5) is 11.6. The monoisotopic (exact) mass is 200 g/mol. The Bertz CT molecular complexity index is 189. The van der Waals surface area contributed by atoms with Crippen molar-refractivity contribution in [2.24, 2.45) is 11.7 Å². The molecule has 0 heterocycles. The van der Waals surface area contributed by atoms with E-state index < -0.39 is 0 Å². The third-order valence-corrected chi connectivity index (χ3v) is 2.81. The summed E-state index contributed by atoms with van der Waals surface area (Å²) in [5.74, 6) is 0.169. The van der Waals surface area contributed by atoms with Gasteiger partial charge in [0.1, 0.15) is 0 Å². The van der Waals surface area contributed by atoms with Gasteiger partial charge in [0.15, 0.2) is 0 Å². The highest BCUT2D eigenvalue weighted by molar-refractivity contribution is 5.79. The number of amides is 1. The van der Waals surface area contributed by atoms with Crippen molar-refractivity contribution in [3.63, 3.8) is 0 Å². The van der Waals surface area contributed by atoms with Gasteiger partial charge in [-0.05, 0) is 32.6 Å². The molecule has 0 saturated heterocycles. The first-order chi connectivity index (χ1) is 6.63. The van der Waals surface area contributed by atoms with E-state index in [0.29, 0.717) is 0 Å². The number of carbonyl (C=O) groups is 1. The van der Waals surface area contributed by atoms with Gasteiger partial charge in [-0.3, -0.25) is 4.79 Å². The number of aliphatic hydroxyl groups excluding tert-OH is 1. The molecule has 0 aromatic heterocycles. The van der Waals surface area contributed by atoms with Crippen molar-refractivity contribution < 1.29 is 9.90 Å². The van der Waals surface area contributed by atoms with Crippen LogP contribution in [0.1, 0.15) is 32.6 Å². The first-order valence-corrected chi connectivity index (χ1v) is 5.30. The quantitative estimate of drug-likeness (QED) is 0.600. The molecule has 4 nitrogen and oxygen atoms in total. The van der Waals surface area contributed by atoms with Crippen molar-refractivity contribution in [1.29, 1.82) is 0 Å². The molecule has 1 aliphatic carbocycles. The molecular formula is C10H20N2O2. The number of hydrogen-bond donors (Lipinski definition) is 3. The molecule has 0 aromatic rings. The highest BCUT2D eigenvalue weighted by atomic mass is 16.3. The summed E-state index contributed by atoms with van der Waals surface area (Å²) in [6.07, 6.45) is 3.63. The first kappa shape index (κ1) is 11.5. The second-order valence-corrected chi connectivity index (χ2v) is 4.20. The fourth-order valence-electron chi connectivity index (χ4n) is 1.79. The van der Waals surface area contributed by atoms with Crippen LogP contribution in [-0.4, -0.2) is 29.7 Å². The maximum atomic E-state index is 11.6. The summed E-state index contributed by atoms with van der Waals surface area (Å²) >= 11 is 0. The predicted molar refractivity (Wildman–Crippen MR) is 54.6 cm³/mol. The highest BCUT2D eigenvalue weighted by Gasteiger charge is 2.24. The number of hydrogen-bond acceptors (Lipinski definition) is 3. The van der Waals surface area contributed by atoms with E-state index in [9.17, 15) is 4.79 Å². The van der Waals surface area contributed by atoms with Crippen LogP contribution in [0.15, 0.2) is 0 Å². The second kappa shape index (κ2) is 5.32. The Balaban J connectivity index is 2.30. The molecule has 1 saturated carbocycles. The van der Waals surface area contributed by atoms with Gasteiger partial charge in [0.05, 0.1) is 6.61 Å². The van der Waals surface area contributed by atoms with Crippen LogP contribution in [0.25, 0.3) is 0 Å². The van der Waals surface area contributed by atoms with Crippen LogP contribution >= 0.6 is 0 Å². The zero-order chi connectivity index (χ0) is 10.6. The van der Waals surface area contributed by atoms with Crippen LogP contribution in [0.4, 0.5) is 0 Å². The van der Waals surface area contributed by atoms with Crippen LogP contribution in [0.2, 0.25) is 0 Å². The number of rotatable bonds is 3. The smallest absolute Gasteiger partial charge is 0.223 e. The largest absolute Gasteiger partial charge is 0.394 e. The van der Waals surface area contributed by atoms with E-state index in [-0.39, 0.29) is 30.5 Å². The molecule has 0 spiro atoms. The average molecular weight is 200 g/mol. The topological polar surface area (TPSA) is 75.3 Å². The second-order valence-electron chi connectivity index (χ2n) is 4.20. The summed E-state index contributed by atoms with van der Waals surface area (Å²) in [6.45, 7) is 1.80. The maximum absolute atomic E-state index is 11.6. The Kier molecular flexibility index (Phi) is 4.35. The molecule has 1 atom stereocenters. The van der Waals surface area contributed by atoms with Crippen molar-refractivity contribution in [2.75, 3.05) is 6.61 Å². The summed E-state index contributed by atoms with van der Waals surface area (Å²) in [5.41, 5.74) is 5.75. The lowest BCUT2D eigenvalue weighted by Gasteiger charge is -2.26. The van der Waals surface area contributed by atoms with E-state index in [1.807, 2.05) is 0 Å². The van der Waals surface area contributed by atoms with Gasteiger partial charge in [-0.15, -0.1) is 0 Å². The van der Waals surface area contributed by atoms with Gasteiger partial charge in [-0.1, -0.05) is 0 Å². The van der Waals surface area contributed by atoms with Crippen molar-refractivity contribution in [1.82, 2.24) is 5.32 Å². The van der Waals surface area contributed by atoms with Crippen molar-refractivity contribution in [3.8, 4) is 0 Å². The van der Waals surface area contributed by atoms with Gasteiger partial charge in [0.25, 0.3) is 0 Å². The molecule has 4 heteroatoms. The van der Waals surface area contributed by atoms with Crippen molar-refractivity contribution in [2.45, 2.75) is 44.7 Å². The summed E-state index contributed by atoms with van der Waals surface area (Å²) in [5, 5.41) is 11.6. The van der Waals surface area contributed by atoms with Crippen LogP contribution in [0.5, 0.6) is 0 Å². The molecule has 0 unspecified atom stereocenters. The predicted octanol–water partition coefficient (Wildman–Crippen LogP) is 0.000900. The Morgan fingerprint density at radius 1 is 1.50 bits per heavy atom. The van der Waals surface area contributed by atoms with Gasteiger partial charge < -0.3 is 16.2 Å². The SMILES string of the molecule is C[C@H](CO)NC(=O)C1CCC(N)CC1. The van der Waals surface area contributed by atoms with Crippen LogP contribution in [-0.2, 0) is 4.79 Å². The molecule has 0 aromatic carbocycles. The van der Waals surface area contributed by atoms with E-state index in [0.717, 1.165) is 25.7 Å². The fraction of sp³-hybridized carbons (Fsp3) is 0.900. The molecule has 1 rings (SSSR count). The third kappa shape index (κ3) is 3.27. The van der Waals surface area contributed by atoms with E-state index >= 15 is 0 Å². The highest BCUT2D eigenvalue weighted by Crippen LogP contribution is 2.23. The van der Waals surface area contributed by atoms with E-state index in [1.165, 1.54) is 0 Å². The first-order valence-electron chi connectivity index (χ1n) is 5.30. The number of nitrogens with one attached hydrogen (secondary N) is 1. The van der Waals surface area contributed by atoms with Crippen LogP contribution < -0.4 is 11.1 Å². The zero-order valence-electron chi connectivity index (χ0n) is 8.70. The molecule has 82 valence electrons. The Labute approximate surface area is 84.9 Å². The Morgan fingerprint density at radius 2 is 2.07 bits per heavy atom. The molecule has 1 aliphatic rings. The molecule has 14 heavy (non-hydrogen) atoms. The van der Waals surface area contributed by atoms with Crippen molar-refractivity contribution >= 4 is 5.91 Å². The van der Waals surface area contributed by atoms with E-state index in [1.54, 1.807) is 6.92 Å². The van der Waals surface area contributed by atoms with E-state index in [2.05, 4.69) is 5.32 Å². The van der Waals surface area contributed by atoms with Gasteiger partial charge in [0, 0.05) is 18.0 Å². The zero-order valence-corrected chi connectivity index (χ0v) is 8.70. The lowest BCUT2D eigenvalue weighted by molar-refractivity contribution is -0.126. The third-order valence-electron chi connectivity index (χ3n) is 2.81. The normalized spacial score (nSPS) is 29.6. The van der Waals surface area contributed by atoms with Gasteiger partial charge in [-0.25, -0.2) is 0 Å². The number of nitrogens with two attached hydrogens (primary N) is 1. The van der Waals surface area contributed by atoms with Crippen LogP contribution in [0.3, 0.4) is 0 Å². The minimum absolute atomic E-state index is 0.00201. The van der Waals surface area contributed by atoms with Crippen LogP contribution in [0, 0.1) is 5.92 Å². The minimum Gasteiger partial charge on any atom is -0.394 e. The maximum Gasteiger partial charge on any atom is 0.223 e. The molecule has 1 fully saturated rings. The van der Waals surface area contributed by atoms with Gasteiger partial charge >= 0.3 is 0 Å². The van der Waals surface area contributed by atoms with Crippen molar-refractivity contribution in [3.05, 3.63) is 0 Å². The fourth-order valence-corrected chi connectivity index (χ4v) is 1.79. The Morgan fingerprint density at radius 3 is 2.57 bits per heavy atom. The molecule has 0 bridgehead atoms. The van der Waals surface area contributed by atoms with Gasteiger partial charge in [0.2, 0.25) is 5.91 Å². The van der Waals surface area contributed by atoms with Gasteiger partial charge in [-0.2, -0.15) is 0 Å².